The minimum Gasteiger partial charge on any atom is -0.365 e. The minimum atomic E-state index is 0.207. The van der Waals surface area contributed by atoms with Gasteiger partial charge in [-0.2, -0.15) is 0 Å². The van der Waals surface area contributed by atoms with Gasteiger partial charge in [-0.1, -0.05) is 31.5 Å². The fourth-order valence-corrected chi connectivity index (χ4v) is 3.18. The van der Waals surface area contributed by atoms with Crippen LogP contribution in [-0.4, -0.2) is 44.0 Å². The number of benzene rings is 1. The lowest BCUT2D eigenvalue weighted by Crippen LogP contribution is -3.15. The number of ether oxygens (including phenoxy) is 1. The molecule has 0 aliphatic carbocycles. The van der Waals surface area contributed by atoms with Crippen LogP contribution in [0.1, 0.15) is 19.4 Å². The lowest BCUT2D eigenvalue weighted by atomic mass is 10.2. The van der Waals surface area contributed by atoms with E-state index in [0.717, 1.165) is 42.5 Å². The molecule has 3 N–H and O–H groups in total. The molecule has 1 fully saturated rings. The SMILES string of the molecule is Cc1ccc(NC(=S)NC[C@H]2C[NH+](CC(C)C)CCO2)cc1Cl. The van der Waals surface area contributed by atoms with Gasteiger partial charge in [0.05, 0.1) is 13.2 Å². The highest BCUT2D eigenvalue weighted by Gasteiger charge is 2.24. The number of rotatable bonds is 5. The molecule has 0 amide bonds. The molecule has 4 nitrogen and oxygen atoms in total. The van der Waals surface area contributed by atoms with E-state index in [4.69, 9.17) is 28.6 Å². The number of anilines is 1. The molecular formula is C17H27ClN3OS+. The predicted molar refractivity (Wildman–Crippen MR) is 101 cm³/mol. The number of morpholine rings is 1. The van der Waals surface area contributed by atoms with Crippen molar-refractivity contribution in [2.45, 2.75) is 26.9 Å². The summed E-state index contributed by atoms with van der Waals surface area (Å²) < 4.78 is 5.83. The predicted octanol–water partition coefficient (Wildman–Crippen LogP) is 1.87. The van der Waals surface area contributed by atoms with Crippen LogP contribution in [-0.2, 0) is 4.74 Å². The van der Waals surface area contributed by atoms with Crippen molar-refractivity contribution in [2.24, 2.45) is 5.92 Å². The number of aryl methyl sites for hydroxylation is 1. The quantitative estimate of drug-likeness (QED) is 0.704. The van der Waals surface area contributed by atoms with Gasteiger partial charge in [-0.15, -0.1) is 0 Å². The maximum Gasteiger partial charge on any atom is 0.170 e. The van der Waals surface area contributed by atoms with Crippen molar-refractivity contribution in [3.63, 3.8) is 0 Å². The third-order valence-electron chi connectivity index (χ3n) is 3.94. The summed E-state index contributed by atoms with van der Waals surface area (Å²) in [6.07, 6.45) is 0.207. The number of quaternary nitrogens is 1. The van der Waals surface area contributed by atoms with Gasteiger partial charge >= 0.3 is 0 Å². The highest BCUT2D eigenvalue weighted by molar-refractivity contribution is 7.80. The number of halogens is 1. The molecular weight excluding hydrogens is 330 g/mol. The zero-order valence-corrected chi connectivity index (χ0v) is 15.7. The monoisotopic (exact) mass is 356 g/mol. The molecule has 2 rings (SSSR count). The molecule has 6 heteroatoms. The molecule has 0 bridgehead atoms. The average molecular weight is 357 g/mol. The van der Waals surface area contributed by atoms with E-state index in [2.05, 4.69) is 24.5 Å². The van der Waals surface area contributed by atoms with Gasteiger partial charge in [0, 0.05) is 23.2 Å². The first-order valence-corrected chi connectivity index (χ1v) is 8.99. The van der Waals surface area contributed by atoms with Crippen LogP contribution in [0, 0.1) is 12.8 Å². The maximum atomic E-state index is 6.13. The average Bonchev–Trinajstić information content (AvgIpc) is 2.49. The molecule has 1 aromatic rings. The van der Waals surface area contributed by atoms with E-state index in [1.807, 2.05) is 25.1 Å². The van der Waals surface area contributed by atoms with E-state index in [0.29, 0.717) is 11.0 Å². The van der Waals surface area contributed by atoms with E-state index in [1.165, 1.54) is 6.54 Å². The zero-order valence-electron chi connectivity index (χ0n) is 14.1. The first kappa shape index (κ1) is 18.5. The summed E-state index contributed by atoms with van der Waals surface area (Å²) >= 11 is 11.5. The molecule has 1 heterocycles. The van der Waals surface area contributed by atoms with Gasteiger partial charge in [0.2, 0.25) is 0 Å². The van der Waals surface area contributed by atoms with Gasteiger partial charge in [0.1, 0.15) is 19.2 Å². The van der Waals surface area contributed by atoms with E-state index >= 15 is 0 Å². The van der Waals surface area contributed by atoms with Gasteiger partial charge in [0.25, 0.3) is 0 Å². The Morgan fingerprint density at radius 2 is 2.26 bits per heavy atom. The first-order valence-electron chi connectivity index (χ1n) is 8.20. The highest BCUT2D eigenvalue weighted by Crippen LogP contribution is 2.19. The van der Waals surface area contributed by atoms with Crippen molar-refractivity contribution in [2.75, 3.05) is 38.1 Å². The second kappa shape index (κ2) is 8.83. The van der Waals surface area contributed by atoms with Crippen LogP contribution < -0.4 is 15.5 Å². The van der Waals surface area contributed by atoms with E-state index < -0.39 is 0 Å². The van der Waals surface area contributed by atoms with Gasteiger partial charge in [-0.3, -0.25) is 0 Å². The second-order valence-electron chi connectivity index (χ2n) is 6.59. The zero-order chi connectivity index (χ0) is 16.8. The molecule has 1 aliphatic rings. The third kappa shape index (κ3) is 6.26. The lowest BCUT2D eigenvalue weighted by Gasteiger charge is -2.31. The molecule has 1 unspecified atom stereocenters. The molecule has 23 heavy (non-hydrogen) atoms. The second-order valence-corrected chi connectivity index (χ2v) is 7.41. The van der Waals surface area contributed by atoms with Gasteiger partial charge in [0.15, 0.2) is 5.11 Å². The van der Waals surface area contributed by atoms with Crippen molar-refractivity contribution in [3.05, 3.63) is 28.8 Å². The third-order valence-corrected chi connectivity index (χ3v) is 4.60. The van der Waals surface area contributed by atoms with Gasteiger partial charge < -0.3 is 20.3 Å². The van der Waals surface area contributed by atoms with Gasteiger partial charge in [-0.25, -0.2) is 0 Å². The minimum absolute atomic E-state index is 0.207. The van der Waals surface area contributed by atoms with Gasteiger partial charge in [-0.05, 0) is 36.8 Å². The fraction of sp³-hybridized carbons (Fsp3) is 0.588. The van der Waals surface area contributed by atoms with Crippen molar-refractivity contribution in [1.29, 1.82) is 0 Å². The largest absolute Gasteiger partial charge is 0.365 e. The van der Waals surface area contributed by atoms with Crippen LogP contribution in [0.2, 0.25) is 5.02 Å². The molecule has 1 aromatic carbocycles. The molecule has 0 saturated carbocycles. The Kier molecular flexibility index (Phi) is 7.09. The van der Waals surface area contributed by atoms with E-state index in [1.54, 1.807) is 4.90 Å². The van der Waals surface area contributed by atoms with Crippen molar-refractivity contribution in [1.82, 2.24) is 5.32 Å². The topological polar surface area (TPSA) is 37.7 Å². The Labute approximate surface area is 149 Å². The Balaban J connectivity index is 1.76. The number of hydrogen-bond acceptors (Lipinski definition) is 2. The Hall–Kier alpha value is -0.880. The normalized spacial score (nSPS) is 21.3. The highest BCUT2D eigenvalue weighted by atomic mass is 35.5. The van der Waals surface area contributed by atoms with Crippen LogP contribution in [0.15, 0.2) is 18.2 Å². The Bertz CT molecular complexity index is 539. The smallest absolute Gasteiger partial charge is 0.170 e. The van der Waals surface area contributed by atoms with Crippen LogP contribution in [0.5, 0.6) is 0 Å². The van der Waals surface area contributed by atoms with Crippen molar-refractivity contribution < 1.29 is 9.64 Å². The van der Waals surface area contributed by atoms with E-state index in [-0.39, 0.29) is 6.10 Å². The summed E-state index contributed by atoms with van der Waals surface area (Å²) in [5, 5.41) is 7.75. The number of thiocarbonyl (C=S) groups is 1. The molecule has 128 valence electrons. The molecule has 0 radical (unpaired) electrons. The summed E-state index contributed by atoms with van der Waals surface area (Å²) in [7, 11) is 0. The fourth-order valence-electron chi connectivity index (χ4n) is 2.80. The maximum absolute atomic E-state index is 6.13. The van der Waals surface area contributed by atoms with Crippen LogP contribution in [0.3, 0.4) is 0 Å². The van der Waals surface area contributed by atoms with E-state index in [9.17, 15) is 0 Å². The number of nitrogens with one attached hydrogen (secondary N) is 3. The molecule has 1 aliphatic heterocycles. The van der Waals surface area contributed by atoms with Crippen LogP contribution in [0.25, 0.3) is 0 Å². The van der Waals surface area contributed by atoms with Crippen LogP contribution >= 0.6 is 23.8 Å². The standard InChI is InChI=1S/C17H26ClN3OS/c1-12(2)10-21-6-7-22-15(11-21)9-19-17(23)20-14-5-4-13(3)16(18)8-14/h4-5,8,12,15H,6-7,9-11H2,1-3H3,(H2,19,20,23)/p+1/t15-/m0/s1. The molecule has 2 atom stereocenters. The molecule has 1 saturated heterocycles. The van der Waals surface area contributed by atoms with Crippen molar-refractivity contribution in [3.8, 4) is 0 Å². The summed E-state index contributed by atoms with van der Waals surface area (Å²) in [5.41, 5.74) is 1.95. The summed E-state index contributed by atoms with van der Waals surface area (Å²) in [6, 6.07) is 5.84. The lowest BCUT2D eigenvalue weighted by molar-refractivity contribution is -0.914. The molecule has 0 aromatic heterocycles. The number of hydrogen-bond donors (Lipinski definition) is 3. The summed E-state index contributed by atoms with van der Waals surface area (Å²) in [6.45, 7) is 11.4. The summed E-state index contributed by atoms with van der Waals surface area (Å²) in [4.78, 5) is 1.61. The van der Waals surface area contributed by atoms with Crippen molar-refractivity contribution >= 4 is 34.6 Å². The van der Waals surface area contributed by atoms with Crippen LogP contribution in [0.4, 0.5) is 5.69 Å². The Morgan fingerprint density at radius 1 is 1.48 bits per heavy atom. The summed E-state index contributed by atoms with van der Waals surface area (Å²) in [5.74, 6) is 0.714. The Morgan fingerprint density at radius 3 is 2.96 bits per heavy atom. The molecule has 0 spiro atoms. The first-order chi connectivity index (χ1) is 10.9.